The second-order valence-corrected chi connectivity index (χ2v) is 7.96. The molecule has 1 aliphatic heterocycles. The molecule has 8 heteroatoms. The standard InChI is InChI=1S/C17H20N2O4S2/c1-10-14(25-16(19-10)13-3-2-8-24-13)15(20)18-9-12(17(21)22)11-4-6-23-7-5-11/h2-3,8,11-12H,4-7,9H2,1H3,(H,18,20)(H,21,22). The first-order valence-corrected chi connectivity index (χ1v) is 9.86. The number of aromatic nitrogens is 1. The van der Waals surface area contributed by atoms with Crippen molar-refractivity contribution in [2.24, 2.45) is 11.8 Å². The lowest BCUT2D eigenvalue weighted by molar-refractivity contribution is -0.144. The second kappa shape index (κ2) is 8.07. The van der Waals surface area contributed by atoms with Gasteiger partial charge in [0.1, 0.15) is 9.88 Å². The third-order valence-electron chi connectivity index (χ3n) is 4.37. The van der Waals surface area contributed by atoms with Crippen LogP contribution in [0, 0.1) is 18.8 Å². The average Bonchev–Trinajstić information content (AvgIpc) is 3.25. The summed E-state index contributed by atoms with van der Waals surface area (Å²) in [5.41, 5.74) is 0.670. The van der Waals surface area contributed by atoms with E-state index < -0.39 is 11.9 Å². The lowest BCUT2D eigenvalue weighted by atomic mass is 9.86. The Bertz CT molecular complexity index is 736. The third kappa shape index (κ3) is 4.26. The van der Waals surface area contributed by atoms with Crippen LogP contribution in [0.3, 0.4) is 0 Å². The number of nitrogens with zero attached hydrogens (tertiary/aromatic N) is 1. The van der Waals surface area contributed by atoms with Crippen molar-refractivity contribution in [2.45, 2.75) is 19.8 Å². The highest BCUT2D eigenvalue weighted by atomic mass is 32.1. The number of ether oxygens (including phenoxy) is 1. The molecule has 1 saturated heterocycles. The first kappa shape index (κ1) is 18.0. The largest absolute Gasteiger partial charge is 0.481 e. The predicted molar refractivity (Wildman–Crippen MR) is 97.2 cm³/mol. The van der Waals surface area contributed by atoms with Crippen LogP contribution in [0.1, 0.15) is 28.2 Å². The van der Waals surface area contributed by atoms with Crippen molar-refractivity contribution in [1.82, 2.24) is 10.3 Å². The van der Waals surface area contributed by atoms with Gasteiger partial charge in [-0.3, -0.25) is 9.59 Å². The van der Waals surface area contributed by atoms with Gasteiger partial charge in [-0.1, -0.05) is 6.07 Å². The molecule has 6 nitrogen and oxygen atoms in total. The van der Waals surface area contributed by atoms with Crippen molar-refractivity contribution in [2.75, 3.05) is 19.8 Å². The number of thiophene rings is 1. The van der Waals surface area contributed by atoms with Crippen LogP contribution in [0.4, 0.5) is 0 Å². The molecule has 0 saturated carbocycles. The molecule has 2 N–H and O–H groups in total. The Morgan fingerprint density at radius 3 is 2.84 bits per heavy atom. The topological polar surface area (TPSA) is 88.5 Å². The third-order valence-corrected chi connectivity index (χ3v) is 6.56. The van der Waals surface area contributed by atoms with E-state index >= 15 is 0 Å². The van der Waals surface area contributed by atoms with Crippen LogP contribution in [0.5, 0.6) is 0 Å². The van der Waals surface area contributed by atoms with E-state index in [4.69, 9.17) is 4.74 Å². The van der Waals surface area contributed by atoms with Crippen LogP contribution in [-0.2, 0) is 9.53 Å². The number of hydrogen-bond acceptors (Lipinski definition) is 6. The Morgan fingerprint density at radius 2 is 2.20 bits per heavy atom. The van der Waals surface area contributed by atoms with E-state index in [0.717, 1.165) is 22.7 Å². The number of hydrogen-bond donors (Lipinski definition) is 2. The van der Waals surface area contributed by atoms with Gasteiger partial charge >= 0.3 is 5.97 Å². The van der Waals surface area contributed by atoms with Crippen LogP contribution in [0.15, 0.2) is 17.5 Å². The van der Waals surface area contributed by atoms with E-state index in [1.54, 1.807) is 18.3 Å². The Morgan fingerprint density at radius 1 is 1.44 bits per heavy atom. The Kier molecular flexibility index (Phi) is 5.82. The summed E-state index contributed by atoms with van der Waals surface area (Å²) in [7, 11) is 0. The highest BCUT2D eigenvalue weighted by molar-refractivity contribution is 7.22. The van der Waals surface area contributed by atoms with Gasteiger partial charge in [-0.2, -0.15) is 0 Å². The van der Waals surface area contributed by atoms with Crippen LogP contribution in [0.2, 0.25) is 0 Å². The summed E-state index contributed by atoms with van der Waals surface area (Å²) in [4.78, 5) is 30.1. The van der Waals surface area contributed by atoms with E-state index in [0.29, 0.717) is 23.8 Å². The van der Waals surface area contributed by atoms with E-state index in [-0.39, 0.29) is 18.4 Å². The smallest absolute Gasteiger partial charge is 0.308 e. The predicted octanol–water partition coefficient (Wildman–Crippen LogP) is 3.04. The van der Waals surface area contributed by atoms with Gasteiger partial charge in [0, 0.05) is 19.8 Å². The number of carbonyl (C=O) groups is 2. The van der Waals surface area contributed by atoms with E-state index in [1.807, 2.05) is 17.5 Å². The minimum atomic E-state index is -0.868. The first-order valence-electron chi connectivity index (χ1n) is 8.16. The van der Waals surface area contributed by atoms with Gasteiger partial charge in [-0.05, 0) is 37.1 Å². The summed E-state index contributed by atoms with van der Waals surface area (Å²) in [5.74, 6) is -1.67. The van der Waals surface area contributed by atoms with E-state index in [1.165, 1.54) is 11.3 Å². The molecular weight excluding hydrogens is 360 g/mol. The molecule has 0 bridgehead atoms. The SMILES string of the molecule is Cc1nc(-c2cccs2)sc1C(=O)NCC(C(=O)O)C1CCOCC1. The summed E-state index contributed by atoms with van der Waals surface area (Å²) in [5, 5.41) is 15.1. The molecule has 0 radical (unpaired) electrons. The van der Waals surface area contributed by atoms with Crippen LogP contribution >= 0.6 is 22.7 Å². The van der Waals surface area contributed by atoms with Gasteiger partial charge in [0.05, 0.1) is 16.5 Å². The van der Waals surface area contributed by atoms with E-state index in [9.17, 15) is 14.7 Å². The minimum absolute atomic E-state index is 0.0378. The highest BCUT2D eigenvalue weighted by Crippen LogP contribution is 2.31. The van der Waals surface area contributed by atoms with Gasteiger partial charge in [0.15, 0.2) is 0 Å². The fourth-order valence-electron chi connectivity index (χ4n) is 2.97. The van der Waals surface area contributed by atoms with Crippen LogP contribution in [0.25, 0.3) is 9.88 Å². The minimum Gasteiger partial charge on any atom is -0.481 e. The van der Waals surface area contributed by atoms with Gasteiger partial charge in [0.25, 0.3) is 5.91 Å². The number of rotatable bonds is 6. The summed E-state index contributed by atoms with van der Waals surface area (Å²) in [6.45, 7) is 3.10. The zero-order valence-corrected chi connectivity index (χ0v) is 15.5. The van der Waals surface area contributed by atoms with Crippen LogP contribution < -0.4 is 5.32 Å². The Balaban J connectivity index is 1.66. The monoisotopic (exact) mass is 380 g/mol. The van der Waals surface area contributed by atoms with E-state index in [2.05, 4.69) is 10.3 Å². The molecule has 0 spiro atoms. The average molecular weight is 380 g/mol. The fraction of sp³-hybridized carbons (Fsp3) is 0.471. The molecule has 25 heavy (non-hydrogen) atoms. The summed E-state index contributed by atoms with van der Waals surface area (Å²) in [6, 6.07) is 3.91. The highest BCUT2D eigenvalue weighted by Gasteiger charge is 2.30. The number of thiazole rings is 1. The number of aliphatic carboxylic acids is 1. The number of carbonyl (C=O) groups excluding carboxylic acids is 1. The van der Waals surface area contributed by atoms with Crippen molar-refractivity contribution in [1.29, 1.82) is 0 Å². The lowest BCUT2D eigenvalue weighted by Crippen LogP contribution is -2.38. The van der Waals surface area contributed by atoms with Crippen molar-refractivity contribution in [3.63, 3.8) is 0 Å². The maximum absolute atomic E-state index is 12.5. The molecule has 0 aliphatic carbocycles. The van der Waals surface area contributed by atoms with Crippen molar-refractivity contribution in [3.05, 3.63) is 28.1 Å². The first-order chi connectivity index (χ1) is 12.1. The maximum atomic E-state index is 12.5. The van der Waals surface area contributed by atoms with Gasteiger partial charge in [-0.25, -0.2) is 4.98 Å². The summed E-state index contributed by atoms with van der Waals surface area (Å²) >= 11 is 2.92. The molecule has 0 aromatic carbocycles. The normalized spacial score (nSPS) is 16.5. The quantitative estimate of drug-likeness (QED) is 0.804. The number of carboxylic acids is 1. The molecule has 134 valence electrons. The van der Waals surface area contributed by atoms with Crippen molar-refractivity contribution < 1.29 is 19.4 Å². The Hall–Kier alpha value is -1.77. The van der Waals surface area contributed by atoms with Crippen LogP contribution in [-0.4, -0.2) is 41.7 Å². The molecule has 2 aromatic heterocycles. The molecule has 1 unspecified atom stereocenters. The Labute approximate surface area is 153 Å². The fourth-order valence-corrected chi connectivity index (χ4v) is 4.75. The molecule has 2 aromatic rings. The lowest BCUT2D eigenvalue weighted by Gasteiger charge is -2.27. The van der Waals surface area contributed by atoms with Gasteiger partial charge in [-0.15, -0.1) is 22.7 Å². The van der Waals surface area contributed by atoms with Gasteiger partial charge < -0.3 is 15.2 Å². The molecular formula is C17H20N2O4S2. The van der Waals surface area contributed by atoms with Crippen molar-refractivity contribution >= 4 is 34.6 Å². The summed E-state index contributed by atoms with van der Waals surface area (Å²) < 4.78 is 5.29. The molecule has 1 amide bonds. The number of amides is 1. The number of nitrogens with one attached hydrogen (secondary N) is 1. The van der Waals surface area contributed by atoms with Crippen molar-refractivity contribution in [3.8, 4) is 9.88 Å². The molecule has 3 rings (SSSR count). The molecule has 1 atom stereocenters. The second-order valence-electron chi connectivity index (χ2n) is 6.02. The number of carboxylic acid groups (broad SMARTS) is 1. The zero-order chi connectivity index (χ0) is 17.8. The molecule has 1 aliphatic rings. The zero-order valence-electron chi connectivity index (χ0n) is 13.9. The summed E-state index contributed by atoms with van der Waals surface area (Å²) in [6.07, 6.45) is 1.43. The molecule has 3 heterocycles. The van der Waals surface area contributed by atoms with Gasteiger partial charge in [0.2, 0.25) is 0 Å². The molecule has 1 fully saturated rings. The maximum Gasteiger partial charge on any atom is 0.308 e. The number of aryl methyl sites for hydroxylation is 1.